The van der Waals surface area contributed by atoms with Crippen molar-refractivity contribution in [1.82, 2.24) is 0 Å². The molecule has 0 spiro atoms. The minimum atomic E-state index is -3.20. The second kappa shape index (κ2) is 42.1. The molecule has 58 heavy (non-hydrogen) atoms. The van der Waals surface area contributed by atoms with Crippen LogP contribution in [0.25, 0.3) is 0 Å². The molecular weight excluding hydrogens is 821 g/mol. The van der Waals surface area contributed by atoms with Crippen LogP contribution in [0.5, 0.6) is 0 Å². The van der Waals surface area contributed by atoms with Gasteiger partial charge < -0.3 is 28.4 Å². The molecule has 0 aliphatic heterocycles. The van der Waals surface area contributed by atoms with Crippen molar-refractivity contribution in [3.05, 3.63) is 0 Å². The van der Waals surface area contributed by atoms with Gasteiger partial charge in [-0.1, -0.05) is 237 Å². The minimum absolute atomic E-state index is 0. The van der Waals surface area contributed by atoms with Crippen molar-refractivity contribution in [2.45, 2.75) is 273 Å². The monoisotopic (exact) mass is 924 g/mol. The Kier molecular flexibility index (Phi) is 47.6. The number of unbranched alkanes of at least 4 members (excludes halogenated alkanes) is 12. The Bertz CT molecular complexity index is 890. The molecule has 0 aromatic rings. The van der Waals surface area contributed by atoms with Crippen molar-refractivity contribution < 1.29 is 45.4 Å². The average Bonchev–Trinajstić information content (AvgIpc) is 3.18. The van der Waals surface area contributed by atoms with Gasteiger partial charge in [-0.05, 0) is 72.5 Å². The smallest absolute Gasteiger partial charge is 0.799 e. The van der Waals surface area contributed by atoms with E-state index in [1.54, 1.807) is 0 Å². The molecule has 0 heterocycles. The molecule has 0 N–H and O–H groups in total. The fourth-order valence-electron chi connectivity index (χ4n) is 7.56. The van der Waals surface area contributed by atoms with Crippen LogP contribution in [-0.2, 0) is 30.8 Å². The summed E-state index contributed by atoms with van der Waals surface area (Å²) < 4.78 is 37.1. The molecule has 9 unspecified atom stereocenters. The maximum Gasteiger partial charge on any atom is 3.00 e. The molecule has 0 aromatic carbocycles. The SMILES string of the molecule is CCCCCCC(C)P(=O)([O-])CC(CC)CCCC.CCCCCCC(C)P(=O)([O-])CC(CC)CCCC.CCCCCCC(C)P(=O)([O-])CC(CC)CCCC.[Fe+3]. The van der Waals surface area contributed by atoms with Crippen LogP contribution >= 0.6 is 22.1 Å². The second-order valence-corrected chi connectivity index (χ2v) is 26.2. The van der Waals surface area contributed by atoms with E-state index in [1.165, 1.54) is 57.8 Å². The van der Waals surface area contributed by atoms with Gasteiger partial charge in [0.15, 0.2) is 0 Å². The van der Waals surface area contributed by atoms with Crippen molar-refractivity contribution in [2.75, 3.05) is 18.5 Å². The maximum absolute atomic E-state index is 12.4. The van der Waals surface area contributed by atoms with E-state index in [2.05, 4.69) is 62.3 Å². The molecule has 9 atom stereocenters. The Morgan fingerprint density at radius 3 is 0.707 bits per heavy atom. The summed E-state index contributed by atoms with van der Waals surface area (Å²) in [6, 6.07) is 0. The third kappa shape index (κ3) is 36.6. The van der Waals surface area contributed by atoms with Gasteiger partial charge in [-0.25, -0.2) is 0 Å². The summed E-state index contributed by atoms with van der Waals surface area (Å²) in [5.41, 5.74) is -0.375. The fraction of sp³-hybridized carbons (Fsp3) is 1.00. The summed E-state index contributed by atoms with van der Waals surface area (Å²) in [4.78, 5) is 37.1. The van der Waals surface area contributed by atoms with E-state index in [1.807, 2.05) is 20.8 Å². The van der Waals surface area contributed by atoms with Crippen molar-refractivity contribution in [3.63, 3.8) is 0 Å². The predicted octanol–water partition coefficient (Wildman–Crippen LogP) is 15.6. The van der Waals surface area contributed by atoms with Gasteiger partial charge in [0, 0.05) is 22.1 Å². The summed E-state index contributed by atoms with van der Waals surface area (Å²) >= 11 is 0. The van der Waals surface area contributed by atoms with Gasteiger partial charge in [-0.2, -0.15) is 0 Å². The van der Waals surface area contributed by atoms with E-state index < -0.39 is 22.1 Å². The largest absolute Gasteiger partial charge is 3.00 e. The van der Waals surface area contributed by atoms with Gasteiger partial charge in [0.2, 0.25) is 0 Å². The van der Waals surface area contributed by atoms with E-state index in [0.717, 1.165) is 116 Å². The van der Waals surface area contributed by atoms with Gasteiger partial charge in [-0.3, -0.25) is 0 Å². The molecule has 1 radical (unpaired) electrons. The van der Waals surface area contributed by atoms with E-state index >= 15 is 0 Å². The van der Waals surface area contributed by atoms with Gasteiger partial charge >= 0.3 is 17.1 Å². The first kappa shape index (κ1) is 65.7. The van der Waals surface area contributed by atoms with Crippen molar-refractivity contribution in [2.24, 2.45) is 17.8 Å². The van der Waals surface area contributed by atoms with Crippen LogP contribution < -0.4 is 14.7 Å². The minimum Gasteiger partial charge on any atom is -0.799 e. The van der Waals surface area contributed by atoms with Gasteiger partial charge in [0.25, 0.3) is 0 Å². The Balaban J connectivity index is -0.000000374. The molecule has 353 valence electrons. The molecular formula is C48H102FeO6P3. The molecule has 6 nitrogen and oxygen atoms in total. The Hall–Kier alpha value is 1.09. The molecule has 0 saturated carbocycles. The number of hydrogen-bond donors (Lipinski definition) is 0. The quantitative estimate of drug-likeness (QED) is 0.0351. The van der Waals surface area contributed by atoms with E-state index in [0.29, 0.717) is 36.2 Å². The predicted molar refractivity (Wildman–Crippen MR) is 252 cm³/mol. The zero-order valence-electron chi connectivity index (χ0n) is 40.8. The molecule has 0 aromatic heterocycles. The van der Waals surface area contributed by atoms with Crippen LogP contribution in [0.3, 0.4) is 0 Å². The van der Waals surface area contributed by atoms with Crippen LogP contribution in [0.1, 0.15) is 256 Å². The molecule has 0 bridgehead atoms. The van der Waals surface area contributed by atoms with Crippen molar-refractivity contribution in [1.29, 1.82) is 0 Å². The Morgan fingerprint density at radius 2 is 0.534 bits per heavy atom. The Labute approximate surface area is 375 Å². The van der Waals surface area contributed by atoms with E-state index in [9.17, 15) is 28.4 Å². The summed E-state index contributed by atoms with van der Waals surface area (Å²) in [6.07, 6.45) is 31.0. The Morgan fingerprint density at radius 1 is 0.328 bits per heavy atom. The first-order valence-electron chi connectivity index (χ1n) is 24.8. The van der Waals surface area contributed by atoms with Crippen molar-refractivity contribution >= 4 is 22.1 Å². The van der Waals surface area contributed by atoms with E-state index in [4.69, 9.17) is 0 Å². The van der Waals surface area contributed by atoms with Crippen LogP contribution in [0, 0.1) is 17.8 Å². The number of hydrogen-bond acceptors (Lipinski definition) is 6. The van der Waals surface area contributed by atoms with Crippen LogP contribution in [0.4, 0.5) is 0 Å². The molecule has 0 aliphatic carbocycles. The summed E-state index contributed by atoms with van der Waals surface area (Å²) in [5, 5.41) is 0. The van der Waals surface area contributed by atoms with Crippen LogP contribution in [0.15, 0.2) is 0 Å². The molecule has 0 aliphatic rings. The second-order valence-electron chi connectivity index (χ2n) is 18.1. The first-order valence-corrected chi connectivity index (χ1v) is 30.5. The van der Waals surface area contributed by atoms with Crippen molar-refractivity contribution in [3.8, 4) is 0 Å². The fourth-order valence-corrected chi connectivity index (χ4v) is 13.9. The van der Waals surface area contributed by atoms with Gasteiger partial charge in [0.1, 0.15) is 0 Å². The number of rotatable bonds is 36. The van der Waals surface area contributed by atoms with Crippen LogP contribution in [0.2, 0.25) is 0 Å². The molecule has 0 saturated heterocycles. The molecule has 0 amide bonds. The first-order chi connectivity index (χ1) is 26.9. The third-order valence-corrected chi connectivity index (χ3v) is 20.5. The normalized spacial score (nSPS) is 17.6. The molecule has 0 fully saturated rings. The summed E-state index contributed by atoms with van der Waals surface area (Å²) in [6.45, 7) is 25.1. The van der Waals surface area contributed by atoms with Gasteiger partial charge in [0.05, 0.1) is 0 Å². The third-order valence-electron chi connectivity index (χ3n) is 12.6. The molecule has 10 heteroatoms. The summed E-state index contributed by atoms with van der Waals surface area (Å²) in [5.74, 6) is 1.13. The zero-order valence-corrected chi connectivity index (χ0v) is 44.6. The zero-order chi connectivity index (χ0) is 44.2. The summed E-state index contributed by atoms with van der Waals surface area (Å²) in [7, 11) is -9.59. The average molecular weight is 924 g/mol. The van der Waals surface area contributed by atoms with Crippen LogP contribution in [-0.4, -0.2) is 35.5 Å². The standard InChI is InChI=1S/3C16H35O2P.Fe/c3*1-5-8-10-11-12-15(4)19(17,18)14-16(7-3)13-9-6-2;/h3*15-16H,5-14H2,1-4H3,(H,17,18);/q;;;+3/p-3. The van der Waals surface area contributed by atoms with Gasteiger partial charge in [-0.15, -0.1) is 0 Å². The molecule has 0 rings (SSSR count). The van der Waals surface area contributed by atoms with E-state index in [-0.39, 0.29) is 34.0 Å². The maximum atomic E-state index is 12.4. The topological polar surface area (TPSA) is 120 Å².